The van der Waals surface area contributed by atoms with Crippen molar-refractivity contribution in [2.75, 3.05) is 53.6 Å². The Morgan fingerprint density at radius 2 is 1.32 bits per heavy atom. The molecule has 10 heteroatoms. The van der Waals surface area contributed by atoms with E-state index in [9.17, 15) is 14.4 Å². The van der Waals surface area contributed by atoms with Crippen molar-refractivity contribution in [3.63, 3.8) is 0 Å². The van der Waals surface area contributed by atoms with Gasteiger partial charge in [0.15, 0.2) is 0 Å². The van der Waals surface area contributed by atoms with Gasteiger partial charge in [0.2, 0.25) is 0 Å². The minimum absolute atomic E-state index is 0.0950. The van der Waals surface area contributed by atoms with Gasteiger partial charge in [0.1, 0.15) is 19.8 Å². The van der Waals surface area contributed by atoms with Crippen molar-refractivity contribution in [2.45, 2.75) is 0 Å². The summed E-state index contributed by atoms with van der Waals surface area (Å²) >= 11 is 0. The fourth-order valence-corrected chi connectivity index (χ4v) is 1.32. The summed E-state index contributed by atoms with van der Waals surface area (Å²) in [6, 6.07) is 0. The first-order valence-corrected chi connectivity index (χ1v) is 6.58. The Hall–Kier alpha value is -2.36. The molecule has 0 aliphatic heterocycles. The molecule has 126 valence electrons. The van der Waals surface area contributed by atoms with Crippen LogP contribution in [0.4, 0.5) is 14.4 Å². The number of nitrogens with zero attached hydrogens (tertiary/aromatic N) is 2. The molecule has 0 aromatic rings. The van der Waals surface area contributed by atoms with Gasteiger partial charge in [-0.3, -0.25) is 4.90 Å². The number of ether oxygens (including phenoxy) is 3. The van der Waals surface area contributed by atoms with Gasteiger partial charge in [0.25, 0.3) is 0 Å². The van der Waals surface area contributed by atoms with Gasteiger partial charge >= 0.3 is 18.3 Å². The maximum Gasteiger partial charge on any atom is 0.432 e. The fourth-order valence-electron chi connectivity index (χ4n) is 1.32. The molecule has 0 aromatic carbocycles. The van der Waals surface area contributed by atoms with E-state index in [0.717, 1.165) is 0 Å². The Labute approximate surface area is 128 Å². The molecule has 0 aliphatic carbocycles. The van der Waals surface area contributed by atoms with Crippen LogP contribution in [0.1, 0.15) is 0 Å². The summed E-state index contributed by atoms with van der Waals surface area (Å²) in [7, 11) is 2.91. The number of amides is 3. The van der Waals surface area contributed by atoms with Gasteiger partial charge in [-0.25, -0.2) is 14.4 Å². The molecule has 2 N–H and O–H groups in total. The topological polar surface area (TPSA) is 119 Å². The number of nitrogens with one attached hydrogen (secondary N) is 2. The zero-order chi connectivity index (χ0) is 16.8. The van der Waals surface area contributed by atoms with Gasteiger partial charge in [-0.05, 0) is 6.72 Å². The van der Waals surface area contributed by atoms with Gasteiger partial charge < -0.3 is 24.8 Å². The average Bonchev–Trinajstić information content (AvgIpc) is 2.53. The van der Waals surface area contributed by atoms with Crippen molar-refractivity contribution in [3.05, 3.63) is 0 Å². The van der Waals surface area contributed by atoms with Crippen molar-refractivity contribution >= 4 is 25.0 Å². The first-order valence-electron chi connectivity index (χ1n) is 6.58. The predicted octanol–water partition coefficient (Wildman–Crippen LogP) is -0.162. The normalized spacial score (nSPS) is 9.77. The van der Waals surface area contributed by atoms with E-state index < -0.39 is 18.3 Å². The summed E-state index contributed by atoms with van der Waals surface area (Å²) in [6.07, 6.45) is -1.84. The van der Waals surface area contributed by atoms with E-state index in [2.05, 4.69) is 22.3 Å². The first kappa shape index (κ1) is 19.6. The highest BCUT2D eigenvalue weighted by Crippen LogP contribution is 1.93. The van der Waals surface area contributed by atoms with E-state index in [4.69, 9.17) is 14.2 Å². The summed E-state index contributed by atoms with van der Waals surface area (Å²) in [6.45, 7) is 4.59. The Morgan fingerprint density at radius 1 is 0.909 bits per heavy atom. The molecule has 0 aromatic heterocycles. The largest absolute Gasteiger partial charge is 0.448 e. The molecule has 0 bridgehead atoms. The summed E-state index contributed by atoms with van der Waals surface area (Å²) in [5.74, 6) is 0. The highest BCUT2D eigenvalue weighted by atomic mass is 16.6. The molecule has 0 radical (unpaired) electrons. The van der Waals surface area contributed by atoms with Gasteiger partial charge in [-0.1, -0.05) is 0 Å². The number of hydrogen-bond acceptors (Lipinski definition) is 7. The van der Waals surface area contributed by atoms with Crippen LogP contribution in [-0.2, 0) is 14.2 Å². The molecule has 0 fully saturated rings. The Kier molecular flexibility index (Phi) is 11.1. The van der Waals surface area contributed by atoms with E-state index in [-0.39, 0.29) is 19.8 Å². The average molecular weight is 318 g/mol. The van der Waals surface area contributed by atoms with Crippen LogP contribution in [0.3, 0.4) is 0 Å². The van der Waals surface area contributed by atoms with E-state index in [1.54, 1.807) is 0 Å². The quantitative estimate of drug-likeness (QED) is 0.448. The highest BCUT2D eigenvalue weighted by molar-refractivity contribution is 5.72. The molecule has 0 rings (SSSR count). The van der Waals surface area contributed by atoms with Gasteiger partial charge in [-0.15, -0.1) is 0 Å². The number of carbonyl (C=O) groups is 3. The number of aliphatic imine (C=N–C) groups is 1. The van der Waals surface area contributed by atoms with Crippen LogP contribution in [0.2, 0.25) is 0 Å². The van der Waals surface area contributed by atoms with Crippen LogP contribution >= 0.6 is 0 Å². The third kappa shape index (κ3) is 10.4. The minimum Gasteiger partial charge on any atom is -0.448 e. The van der Waals surface area contributed by atoms with Crippen LogP contribution in [-0.4, -0.2) is 83.4 Å². The van der Waals surface area contributed by atoms with E-state index >= 15 is 0 Å². The number of hydrogen-bond donors (Lipinski definition) is 2. The zero-order valence-electron chi connectivity index (χ0n) is 12.8. The summed E-state index contributed by atoms with van der Waals surface area (Å²) in [5.41, 5.74) is 0. The molecule has 0 aliphatic rings. The molecular formula is C12H22N4O6. The number of carbonyl (C=O) groups excluding carboxylic acids is 3. The van der Waals surface area contributed by atoms with E-state index in [0.29, 0.717) is 19.6 Å². The summed E-state index contributed by atoms with van der Waals surface area (Å²) in [4.78, 5) is 37.7. The maximum atomic E-state index is 11.0. The Bertz CT molecular complexity index is 355. The molecule has 10 nitrogen and oxygen atoms in total. The van der Waals surface area contributed by atoms with Crippen LogP contribution in [0.25, 0.3) is 0 Å². The third-order valence-electron chi connectivity index (χ3n) is 2.45. The monoisotopic (exact) mass is 318 g/mol. The van der Waals surface area contributed by atoms with Crippen molar-refractivity contribution < 1.29 is 28.6 Å². The third-order valence-corrected chi connectivity index (χ3v) is 2.45. The molecule has 22 heavy (non-hydrogen) atoms. The molecule has 3 amide bonds. The highest BCUT2D eigenvalue weighted by Gasteiger charge is 2.09. The van der Waals surface area contributed by atoms with Crippen molar-refractivity contribution in [1.29, 1.82) is 0 Å². The molecular weight excluding hydrogens is 296 g/mol. The summed E-state index contributed by atoms with van der Waals surface area (Å²) < 4.78 is 14.5. The van der Waals surface area contributed by atoms with Crippen LogP contribution in [0, 0.1) is 0 Å². The smallest absolute Gasteiger partial charge is 0.432 e. The van der Waals surface area contributed by atoms with Gasteiger partial charge in [0, 0.05) is 33.7 Å². The Balaban J connectivity index is 4.11. The Morgan fingerprint density at radius 3 is 1.68 bits per heavy atom. The first-order chi connectivity index (χ1) is 10.5. The van der Waals surface area contributed by atoms with Crippen molar-refractivity contribution in [2.24, 2.45) is 4.99 Å². The van der Waals surface area contributed by atoms with Crippen molar-refractivity contribution in [3.8, 4) is 0 Å². The van der Waals surface area contributed by atoms with Crippen LogP contribution < -0.4 is 10.6 Å². The minimum atomic E-state index is -0.761. The second-order valence-electron chi connectivity index (χ2n) is 3.89. The van der Waals surface area contributed by atoms with Crippen LogP contribution in [0.5, 0.6) is 0 Å². The second-order valence-corrected chi connectivity index (χ2v) is 3.89. The van der Waals surface area contributed by atoms with E-state index in [1.165, 1.54) is 14.1 Å². The lowest BCUT2D eigenvalue weighted by atomic mass is 10.4. The predicted molar refractivity (Wildman–Crippen MR) is 78.2 cm³/mol. The molecule has 0 spiro atoms. The second kappa shape index (κ2) is 12.4. The number of rotatable bonds is 9. The lowest BCUT2D eigenvalue weighted by Crippen LogP contribution is -2.36. The molecule has 0 unspecified atom stereocenters. The maximum absolute atomic E-state index is 11.0. The molecule has 0 atom stereocenters. The molecule has 0 heterocycles. The zero-order valence-corrected chi connectivity index (χ0v) is 12.8. The lowest BCUT2D eigenvalue weighted by molar-refractivity contribution is 0.0931. The number of alkyl carbamates (subject to hydrolysis) is 2. The fraction of sp³-hybridized carbons (Fsp3) is 0.667. The SMILES string of the molecule is C=NC(=O)OCCN(CCOC(=O)NC)CCOC(=O)NC. The van der Waals surface area contributed by atoms with Gasteiger partial charge in [-0.2, -0.15) is 4.99 Å². The van der Waals surface area contributed by atoms with Gasteiger partial charge in [0.05, 0.1) is 0 Å². The van der Waals surface area contributed by atoms with E-state index in [1.807, 2.05) is 4.90 Å². The molecule has 0 saturated carbocycles. The summed E-state index contributed by atoms with van der Waals surface area (Å²) in [5, 5.41) is 4.65. The van der Waals surface area contributed by atoms with Crippen LogP contribution in [0.15, 0.2) is 4.99 Å². The lowest BCUT2D eigenvalue weighted by Gasteiger charge is -2.21. The van der Waals surface area contributed by atoms with Crippen molar-refractivity contribution in [1.82, 2.24) is 15.5 Å². The molecule has 0 saturated heterocycles. The standard InChI is InChI=1S/C12H22N4O6/c1-13-10(17)20-7-4-16(5-8-21-11(18)14-2)6-9-22-12(19)15-3/h1,4-9H2,2-3H3,(H,14,18)(H,15,19).